The van der Waals surface area contributed by atoms with E-state index in [1.807, 2.05) is 0 Å². The van der Waals surface area contributed by atoms with Crippen LogP contribution in [-0.4, -0.2) is 70.4 Å². The lowest BCUT2D eigenvalue weighted by Gasteiger charge is -2.49. The number of hydrogen-bond donors (Lipinski definition) is 0. The molecule has 0 N–H and O–H groups in total. The van der Waals surface area contributed by atoms with Crippen molar-refractivity contribution < 1.29 is 26.6 Å². The number of ether oxygens (including phenoxy) is 3. The van der Waals surface area contributed by atoms with Gasteiger partial charge in [0.15, 0.2) is 25.0 Å². The molecule has 7 aliphatic rings. The van der Waals surface area contributed by atoms with Crippen LogP contribution in [0.25, 0.3) is 0 Å². The molecule has 0 radical (unpaired) electrons. The summed E-state index contributed by atoms with van der Waals surface area (Å²) in [6.45, 7) is 15.1. The predicted octanol–water partition coefficient (Wildman–Crippen LogP) is 9.80. The van der Waals surface area contributed by atoms with Gasteiger partial charge in [-0.2, -0.15) is 0 Å². The van der Waals surface area contributed by atoms with Crippen molar-refractivity contribution in [1.29, 1.82) is 0 Å². The van der Waals surface area contributed by atoms with Gasteiger partial charge in [0, 0.05) is 5.54 Å². The van der Waals surface area contributed by atoms with E-state index in [2.05, 4.69) is 39.3 Å². The second-order valence-electron chi connectivity index (χ2n) is 18.8. The summed E-state index contributed by atoms with van der Waals surface area (Å²) in [6.07, 6.45) is 25.4. The van der Waals surface area contributed by atoms with Gasteiger partial charge in [0.25, 0.3) is 0 Å². The molecule has 0 aromatic heterocycles. The normalized spacial score (nSPS) is 39.1. The fraction of sp³-hybridized carbons (Fsp3) is 1.00. The molecule has 3 aliphatic heterocycles. The smallest absolute Gasteiger partial charge is 0.416 e. The van der Waals surface area contributed by atoms with E-state index in [9.17, 15) is 0 Å². The molecule has 46 heavy (non-hydrogen) atoms. The summed E-state index contributed by atoms with van der Waals surface area (Å²) in [7, 11) is -9.12. The van der Waals surface area contributed by atoms with Crippen LogP contribution in [0.3, 0.4) is 0 Å². The lowest BCUT2D eigenvalue weighted by molar-refractivity contribution is 0.212. The van der Waals surface area contributed by atoms with E-state index in [0.29, 0.717) is 42.2 Å². The predicted molar refractivity (Wildman–Crippen MR) is 195 cm³/mol. The second-order valence-corrected chi connectivity index (χ2v) is 35.3. The molecule has 264 valence electrons. The molecule has 6 nitrogen and oxygen atoms in total. The third kappa shape index (κ3) is 9.29. The number of epoxide rings is 3. The van der Waals surface area contributed by atoms with Gasteiger partial charge in [0.1, 0.15) is 0 Å². The second kappa shape index (κ2) is 14.0. The largest absolute Gasteiger partial charge is 0.472 e. The zero-order valence-corrected chi connectivity index (χ0v) is 34.4. The first-order chi connectivity index (χ1) is 21.9. The molecule has 0 aromatic rings. The highest BCUT2D eigenvalue weighted by Gasteiger charge is 2.58. The van der Waals surface area contributed by atoms with Gasteiger partial charge < -0.3 is 26.6 Å². The minimum atomic E-state index is -2.97. The minimum Gasteiger partial charge on any atom is -0.416 e. The van der Waals surface area contributed by atoms with Crippen molar-refractivity contribution in [2.45, 2.75) is 209 Å². The SMILES string of the molecule is C[Si](C)(CCC1CCC2OC2C1)O[Si](O[Si](C)(C)CCC1CCC2OC2C1)(O[Si](C)(C)CCC1CCC2OC2C1)C1CCCCC1. The third-order valence-corrected chi connectivity index (χ3v) is 29.3. The molecule has 0 spiro atoms. The fourth-order valence-electron chi connectivity index (χ4n) is 9.98. The molecule has 0 aromatic carbocycles. The summed E-state index contributed by atoms with van der Waals surface area (Å²) in [5.41, 5.74) is 0.479. The molecule has 0 amide bonds. The van der Waals surface area contributed by atoms with Crippen molar-refractivity contribution >= 4 is 33.8 Å². The van der Waals surface area contributed by atoms with Gasteiger partial charge in [0.2, 0.25) is 0 Å². The number of fused-ring (bicyclic) bond motifs is 3. The summed E-state index contributed by atoms with van der Waals surface area (Å²) in [5, 5.41) is 0. The summed E-state index contributed by atoms with van der Waals surface area (Å²) >= 11 is 0. The molecular weight excluding hydrogens is 641 g/mol. The zero-order valence-electron chi connectivity index (χ0n) is 30.4. The average molecular weight is 709 g/mol. The van der Waals surface area contributed by atoms with Crippen LogP contribution in [0.2, 0.25) is 63.0 Å². The molecule has 9 atom stereocenters. The molecule has 7 rings (SSSR count). The highest BCUT2D eigenvalue weighted by atomic mass is 28.5. The van der Waals surface area contributed by atoms with E-state index in [0.717, 1.165) is 17.8 Å². The van der Waals surface area contributed by atoms with Crippen LogP contribution in [-0.2, 0) is 26.6 Å². The standard InChI is InChI=1S/C36H68O6Si4/c1-43(2,21-18-27-12-15-31-34(24-27)37-31)40-46(30-10-8-7-9-11-30,41-44(3,4)22-19-28-13-16-32-35(25-28)38-32)42-45(5,6)23-20-29-14-17-33-36(26-29)39-33/h27-36H,7-26H2,1-6H3. The van der Waals surface area contributed by atoms with Crippen LogP contribution in [0.5, 0.6) is 0 Å². The topological polar surface area (TPSA) is 65.3 Å². The van der Waals surface area contributed by atoms with Gasteiger partial charge in [-0.1, -0.05) is 38.5 Å². The van der Waals surface area contributed by atoms with Crippen molar-refractivity contribution in [2.24, 2.45) is 17.8 Å². The van der Waals surface area contributed by atoms with Gasteiger partial charge in [-0.3, -0.25) is 0 Å². The Morgan fingerprint density at radius 3 is 1.11 bits per heavy atom. The highest BCUT2D eigenvalue weighted by molar-refractivity contribution is 6.91. The number of hydrogen-bond acceptors (Lipinski definition) is 6. The van der Waals surface area contributed by atoms with Gasteiger partial charge in [-0.15, -0.1) is 0 Å². The molecule has 4 saturated carbocycles. The van der Waals surface area contributed by atoms with Gasteiger partial charge >= 0.3 is 8.80 Å². The Morgan fingerprint density at radius 1 is 0.435 bits per heavy atom. The highest BCUT2D eigenvalue weighted by Crippen LogP contribution is 2.48. The van der Waals surface area contributed by atoms with Crippen LogP contribution < -0.4 is 0 Å². The summed E-state index contributed by atoms with van der Waals surface area (Å²) < 4.78 is 41.2. The quantitative estimate of drug-likeness (QED) is 0.118. The van der Waals surface area contributed by atoms with Gasteiger partial charge in [-0.25, -0.2) is 0 Å². The lowest BCUT2D eigenvalue weighted by atomic mass is 9.88. The molecule has 7 fully saturated rings. The Kier molecular flexibility index (Phi) is 10.7. The molecule has 0 bridgehead atoms. The monoisotopic (exact) mass is 708 g/mol. The van der Waals surface area contributed by atoms with E-state index in [1.54, 1.807) is 0 Å². The first-order valence-corrected chi connectivity index (χ1v) is 31.1. The summed E-state index contributed by atoms with van der Waals surface area (Å²) in [5.74, 6) is 2.42. The van der Waals surface area contributed by atoms with Gasteiger partial charge in [-0.05, 0) is 146 Å². The van der Waals surface area contributed by atoms with Crippen LogP contribution in [0.4, 0.5) is 0 Å². The van der Waals surface area contributed by atoms with Crippen LogP contribution in [0.1, 0.15) is 109 Å². The lowest BCUT2D eigenvalue weighted by Crippen LogP contribution is -2.64. The number of rotatable bonds is 16. The molecule has 9 unspecified atom stereocenters. The maximum atomic E-state index is 7.83. The van der Waals surface area contributed by atoms with Crippen molar-refractivity contribution in [1.82, 2.24) is 0 Å². The van der Waals surface area contributed by atoms with E-state index < -0.39 is 33.8 Å². The maximum absolute atomic E-state index is 7.83. The van der Waals surface area contributed by atoms with Crippen molar-refractivity contribution in [3.8, 4) is 0 Å². The maximum Gasteiger partial charge on any atom is 0.472 e. The summed E-state index contributed by atoms with van der Waals surface area (Å²) in [6, 6.07) is 3.67. The first kappa shape index (κ1) is 35.0. The van der Waals surface area contributed by atoms with E-state index in [-0.39, 0.29) is 0 Å². The van der Waals surface area contributed by atoms with Crippen LogP contribution in [0.15, 0.2) is 0 Å². The molecule has 3 heterocycles. The zero-order chi connectivity index (χ0) is 32.2. The molecule has 4 aliphatic carbocycles. The van der Waals surface area contributed by atoms with Crippen molar-refractivity contribution in [3.05, 3.63) is 0 Å². The average Bonchev–Trinajstić information content (AvgIpc) is 3.89. The minimum absolute atomic E-state index is 0.479. The van der Waals surface area contributed by atoms with Crippen molar-refractivity contribution in [3.63, 3.8) is 0 Å². The summed E-state index contributed by atoms with van der Waals surface area (Å²) in [4.78, 5) is 0. The van der Waals surface area contributed by atoms with Crippen molar-refractivity contribution in [2.75, 3.05) is 0 Å². The van der Waals surface area contributed by atoms with E-state index in [4.69, 9.17) is 26.6 Å². The van der Waals surface area contributed by atoms with E-state index >= 15 is 0 Å². The van der Waals surface area contributed by atoms with E-state index in [1.165, 1.54) is 127 Å². The van der Waals surface area contributed by atoms with Gasteiger partial charge in [0.05, 0.1) is 36.6 Å². The Labute approximate surface area is 285 Å². The Morgan fingerprint density at radius 2 is 0.783 bits per heavy atom. The third-order valence-electron chi connectivity index (χ3n) is 13.2. The Hall–Kier alpha value is 0.628. The molecule has 3 saturated heterocycles. The first-order valence-electron chi connectivity index (χ1n) is 19.9. The molecule has 10 heteroatoms. The fourth-order valence-corrected chi connectivity index (χ4v) is 28.5. The molecular formula is C36H68O6Si4. The Balaban J connectivity index is 1.07. The Bertz CT molecular complexity index is 924. The van der Waals surface area contributed by atoms with Crippen LogP contribution >= 0.6 is 0 Å². The van der Waals surface area contributed by atoms with Crippen LogP contribution in [0, 0.1) is 17.8 Å².